The van der Waals surface area contributed by atoms with Gasteiger partial charge in [0.15, 0.2) is 0 Å². The summed E-state index contributed by atoms with van der Waals surface area (Å²) >= 11 is 0. The van der Waals surface area contributed by atoms with Gasteiger partial charge in [-0.05, 0) is 53.9 Å². The molecule has 0 spiro atoms. The second-order valence-electron chi connectivity index (χ2n) is 6.59. The smallest absolute Gasteiger partial charge is 0.255 e. The lowest BCUT2D eigenvalue weighted by Crippen LogP contribution is -2.23. The molecule has 134 valence electrons. The minimum absolute atomic E-state index is 0.144. The van der Waals surface area contributed by atoms with Crippen LogP contribution in [-0.4, -0.2) is 18.4 Å². The second-order valence-corrected chi connectivity index (χ2v) is 6.59. The number of amides is 2. The summed E-state index contributed by atoms with van der Waals surface area (Å²) in [5, 5.41) is 2.92. The first-order valence-electron chi connectivity index (χ1n) is 9.08. The van der Waals surface area contributed by atoms with Gasteiger partial charge >= 0.3 is 0 Å². The van der Waals surface area contributed by atoms with E-state index in [-0.39, 0.29) is 11.8 Å². The highest BCUT2D eigenvalue weighted by Gasteiger charge is 2.21. The van der Waals surface area contributed by atoms with E-state index in [4.69, 9.17) is 0 Å². The van der Waals surface area contributed by atoms with Crippen molar-refractivity contribution in [3.8, 4) is 11.1 Å². The Labute approximate surface area is 158 Å². The van der Waals surface area contributed by atoms with E-state index in [2.05, 4.69) is 17.4 Å². The molecule has 0 saturated carbocycles. The number of carbonyl (C=O) groups excluding carboxylic acids is 2. The maximum atomic E-state index is 12.5. The number of nitrogens with one attached hydrogen (secondary N) is 1. The van der Waals surface area contributed by atoms with Gasteiger partial charge < -0.3 is 10.2 Å². The predicted molar refractivity (Wildman–Crippen MR) is 108 cm³/mol. The summed E-state index contributed by atoms with van der Waals surface area (Å²) in [5.41, 5.74) is 4.41. The molecule has 0 radical (unpaired) electrons. The summed E-state index contributed by atoms with van der Waals surface area (Å²) in [6.07, 6.45) is 1.49. The number of anilines is 2. The monoisotopic (exact) mass is 356 g/mol. The van der Waals surface area contributed by atoms with E-state index < -0.39 is 0 Å². The lowest BCUT2D eigenvalue weighted by Gasteiger charge is -2.15. The van der Waals surface area contributed by atoms with Crippen LogP contribution in [0.2, 0.25) is 0 Å². The average molecular weight is 356 g/mol. The minimum atomic E-state index is -0.165. The third-order valence-electron chi connectivity index (χ3n) is 4.76. The van der Waals surface area contributed by atoms with Crippen LogP contribution in [0.15, 0.2) is 78.9 Å². The highest BCUT2D eigenvalue weighted by Crippen LogP contribution is 2.23. The highest BCUT2D eigenvalue weighted by molar-refractivity contribution is 6.05. The molecule has 0 unspecified atom stereocenters. The number of carbonyl (C=O) groups is 2. The molecule has 4 rings (SSSR count). The van der Waals surface area contributed by atoms with E-state index in [1.165, 1.54) is 0 Å². The van der Waals surface area contributed by atoms with Crippen molar-refractivity contribution >= 4 is 23.2 Å². The van der Waals surface area contributed by atoms with Crippen LogP contribution in [0.3, 0.4) is 0 Å². The molecule has 4 nitrogen and oxygen atoms in total. The molecule has 1 aliphatic heterocycles. The molecule has 2 amide bonds. The summed E-state index contributed by atoms with van der Waals surface area (Å²) in [4.78, 5) is 26.1. The molecule has 4 heteroatoms. The third-order valence-corrected chi connectivity index (χ3v) is 4.76. The molecule has 0 aromatic heterocycles. The van der Waals surface area contributed by atoms with Crippen LogP contribution < -0.4 is 10.2 Å². The Morgan fingerprint density at radius 3 is 2.11 bits per heavy atom. The molecule has 0 atom stereocenters. The largest absolute Gasteiger partial charge is 0.322 e. The zero-order valence-electron chi connectivity index (χ0n) is 14.9. The van der Waals surface area contributed by atoms with Gasteiger partial charge in [0.1, 0.15) is 0 Å². The summed E-state index contributed by atoms with van der Waals surface area (Å²) in [6.45, 7) is 0.748. The molecule has 1 fully saturated rings. The molecule has 3 aromatic carbocycles. The van der Waals surface area contributed by atoms with Gasteiger partial charge in [-0.1, -0.05) is 42.5 Å². The van der Waals surface area contributed by atoms with Crippen molar-refractivity contribution in [3.05, 3.63) is 84.4 Å². The molecule has 1 aliphatic rings. The number of hydrogen-bond acceptors (Lipinski definition) is 2. The Balaban J connectivity index is 1.43. The van der Waals surface area contributed by atoms with Crippen molar-refractivity contribution in [2.24, 2.45) is 0 Å². The molecule has 1 N–H and O–H groups in total. The van der Waals surface area contributed by atoms with E-state index in [9.17, 15) is 9.59 Å². The normalized spacial score (nSPS) is 13.6. The Morgan fingerprint density at radius 2 is 1.48 bits per heavy atom. The average Bonchev–Trinajstić information content (AvgIpc) is 3.15. The van der Waals surface area contributed by atoms with Crippen LogP contribution >= 0.6 is 0 Å². The Hall–Kier alpha value is -3.40. The van der Waals surface area contributed by atoms with E-state index in [0.717, 1.165) is 35.5 Å². The van der Waals surface area contributed by atoms with Crippen LogP contribution in [-0.2, 0) is 4.79 Å². The first kappa shape index (κ1) is 17.0. The van der Waals surface area contributed by atoms with Crippen LogP contribution in [0.25, 0.3) is 11.1 Å². The molecule has 0 aliphatic carbocycles. The number of rotatable bonds is 4. The summed E-state index contributed by atoms with van der Waals surface area (Å²) in [5.74, 6) is -0.0209. The Morgan fingerprint density at radius 1 is 0.815 bits per heavy atom. The zero-order valence-corrected chi connectivity index (χ0v) is 14.9. The standard InChI is InChI=1S/C23H20N2O2/c26-22-7-4-16-25(22)21-14-10-19(11-15-21)23(27)24-20-12-8-18(9-13-20)17-5-2-1-3-6-17/h1-3,5-6,8-15H,4,7,16H2,(H,24,27). The SMILES string of the molecule is O=C(Nc1ccc(-c2ccccc2)cc1)c1ccc(N2CCCC2=O)cc1. The van der Waals surface area contributed by atoms with Crippen molar-refractivity contribution in [2.45, 2.75) is 12.8 Å². The lowest BCUT2D eigenvalue weighted by molar-refractivity contribution is -0.117. The lowest BCUT2D eigenvalue weighted by atomic mass is 10.1. The van der Waals surface area contributed by atoms with Gasteiger partial charge in [0.05, 0.1) is 0 Å². The summed E-state index contributed by atoms with van der Waals surface area (Å²) in [6, 6.07) is 25.1. The molecule has 1 heterocycles. The van der Waals surface area contributed by atoms with Crippen LogP contribution in [0, 0.1) is 0 Å². The fraction of sp³-hybridized carbons (Fsp3) is 0.130. The number of benzene rings is 3. The van der Waals surface area contributed by atoms with Gasteiger partial charge in [0.2, 0.25) is 5.91 Å². The van der Waals surface area contributed by atoms with E-state index in [1.54, 1.807) is 17.0 Å². The molecular weight excluding hydrogens is 336 g/mol. The fourth-order valence-corrected chi connectivity index (χ4v) is 3.29. The van der Waals surface area contributed by atoms with Gasteiger partial charge in [-0.3, -0.25) is 9.59 Å². The maximum absolute atomic E-state index is 12.5. The minimum Gasteiger partial charge on any atom is -0.322 e. The van der Waals surface area contributed by atoms with Gasteiger partial charge in [0.25, 0.3) is 5.91 Å². The molecule has 27 heavy (non-hydrogen) atoms. The summed E-state index contributed by atoms with van der Waals surface area (Å²) < 4.78 is 0. The second kappa shape index (κ2) is 7.46. The van der Waals surface area contributed by atoms with E-state index >= 15 is 0 Å². The van der Waals surface area contributed by atoms with Crippen LogP contribution in [0.5, 0.6) is 0 Å². The molecule has 1 saturated heterocycles. The highest BCUT2D eigenvalue weighted by atomic mass is 16.2. The Bertz CT molecular complexity index is 948. The first-order chi connectivity index (χ1) is 13.2. The van der Waals surface area contributed by atoms with Crippen molar-refractivity contribution in [3.63, 3.8) is 0 Å². The van der Waals surface area contributed by atoms with Crippen LogP contribution in [0.1, 0.15) is 23.2 Å². The molecule has 0 bridgehead atoms. The van der Waals surface area contributed by atoms with Gasteiger partial charge in [-0.15, -0.1) is 0 Å². The van der Waals surface area contributed by atoms with Gasteiger partial charge in [0, 0.05) is 29.9 Å². The maximum Gasteiger partial charge on any atom is 0.255 e. The first-order valence-corrected chi connectivity index (χ1v) is 9.08. The van der Waals surface area contributed by atoms with Crippen molar-refractivity contribution in [2.75, 3.05) is 16.8 Å². The van der Waals surface area contributed by atoms with Gasteiger partial charge in [-0.25, -0.2) is 0 Å². The van der Waals surface area contributed by atoms with E-state index in [1.807, 2.05) is 54.6 Å². The van der Waals surface area contributed by atoms with Gasteiger partial charge in [-0.2, -0.15) is 0 Å². The third kappa shape index (κ3) is 3.75. The Kier molecular flexibility index (Phi) is 4.71. The number of hydrogen-bond donors (Lipinski definition) is 1. The molecular formula is C23H20N2O2. The predicted octanol–water partition coefficient (Wildman–Crippen LogP) is 4.73. The van der Waals surface area contributed by atoms with Crippen molar-refractivity contribution in [1.29, 1.82) is 0 Å². The quantitative estimate of drug-likeness (QED) is 0.734. The summed E-state index contributed by atoms with van der Waals surface area (Å²) in [7, 11) is 0. The fourth-order valence-electron chi connectivity index (χ4n) is 3.29. The molecule has 3 aromatic rings. The van der Waals surface area contributed by atoms with E-state index in [0.29, 0.717) is 12.0 Å². The zero-order chi connectivity index (χ0) is 18.6. The number of nitrogens with zero attached hydrogens (tertiary/aromatic N) is 1. The van der Waals surface area contributed by atoms with Crippen molar-refractivity contribution < 1.29 is 9.59 Å². The van der Waals surface area contributed by atoms with Crippen LogP contribution in [0.4, 0.5) is 11.4 Å². The van der Waals surface area contributed by atoms with Crippen molar-refractivity contribution in [1.82, 2.24) is 0 Å². The topological polar surface area (TPSA) is 49.4 Å².